The minimum Gasteiger partial charge on any atom is -0.411 e. The van der Waals surface area contributed by atoms with Crippen LogP contribution in [-0.2, 0) is 4.84 Å². The van der Waals surface area contributed by atoms with Gasteiger partial charge < -0.3 is 14.9 Å². The fraction of sp³-hybridized carbons (Fsp3) is 0.840. The van der Waals surface area contributed by atoms with E-state index in [2.05, 4.69) is 49.2 Å². The monoisotopic (exact) mass is 415 g/mol. The van der Waals surface area contributed by atoms with Crippen molar-refractivity contribution in [1.29, 1.82) is 0 Å². The molecule has 0 unspecified atom stereocenters. The Morgan fingerprint density at radius 3 is 2.67 bits per heavy atom. The quantitative estimate of drug-likeness (QED) is 0.285. The largest absolute Gasteiger partial charge is 0.411 e. The summed E-state index contributed by atoms with van der Waals surface area (Å²) in [6.07, 6.45) is 12.2. The summed E-state index contributed by atoms with van der Waals surface area (Å²) in [6, 6.07) is 0. The SMILES string of the molecule is C/C(=N\O)[C@H]1CC[C@H]2[C@@H]3CCC4=C/C(=N/OCCN(C)C)CC[C@]4(C)[C@H]3CC[C@]12C. The number of oxime groups is 2. The van der Waals surface area contributed by atoms with Crippen molar-refractivity contribution in [2.24, 2.45) is 44.8 Å². The van der Waals surface area contributed by atoms with Gasteiger partial charge in [-0.3, -0.25) is 0 Å². The molecule has 0 heterocycles. The van der Waals surface area contributed by atoms with Crippen molar-refractivity contribution in [3.63, 3.8) is 0 Å². The van der Waals surface area contributed by atoms with Crippen molar-refractivity contribution < 1.29 is 10.0 Å². The van der Waals surface area contributed by atoms with Crippen LogP contribution in [0, 0.1) is 34.5 Å². The summed E-state index contributed by atoms with van der Waals surface area (Å²) in [6.45, 7) is 8.60. The number of hydrogen-bond donors (Lipinski definition) is 1. The van der Waals surface area contributed by atoms with E-state index in [0.29, 0.717) is 23.4 Å². The lowest BCUT2D eigenvalue weighted by Gasteiger charge is -2.58. The molecule has 0 aliphatic heterocycles. The van der Waals surface area contributed by atoms with Crippen LogP contribution in [0.3, 0.4) is 0 Å². The molecule has 0 bridgehead atoms. The van der Waals surface area contributed by atoms with Crippen molar-refractivity contribution >= 4 is 11.4 Å². The Kier molecular flexibility index (Phi) is 6.04. The molecule has 0 aromatic carbocycles. The predicted octanol–water partition coefficient (Wildman–Crippen LogP) is 5.35. The van der Waals surface area contributed by atoms with Crippen LogP contribution in [-0.4, -0.2) is 48.8 Å². The molecule has 5 heteroatoms. The number of allylic oxidation sites excluding steroid dienone is 2. The minimum atomic E-state index is 0.316. The molecule has 3 saturated carbocycles. The van der Waals surface area contributed by atoms with Gasteiger partial charge >= 0.3 is 0 Å². The van der Waals surface area contributed by atoms with Gasteiger partial charge in [0.25, 0.3) is 0 Å². The zero-order valence-electron chi connectivity index (χ0n) is 19.7. The molecule has 4 aliphatic rings. The minimum absolute atomic E-state index is 0.316. The van der Waals surface area contributed by atoms with Crippen molar-refractivity contribution in [3.05, 3.63) is 11.6 Å². The fourth-order valence-corrected chi connectivity index (χ4v) is 7.75. The van der Waals surface area contributed by atoms with E-state index in [1.165, 1.54) is 44.9 Å². The maximum atomic E-state index is 9.41. The van der Waals surface area contributed by atoms with E-state index < -0.39 is 0 Å². The number of likely N-dealkylation sites (N-methyl/N-ethyl adjacent to an activating group) is 1. The van der Waals surface area contributed by atoms with Gasteiger partial charge in [0.05, 0.1) is 11.4 Å². The third kappa shape index (κ3) is 3.61. The number of hydrogen-bond acceptors (Lipinski definition) is 5. The second-order valence-corrected chi connectivity index (χ2v) is 11.1. The summed E-state index contributed by atoms with van der Waals surface area (Å²) in [7, 11) is 4.12. The first-order valence-corrected chi connectivity index (χ1v) is 12.0. The molecule has 5 nitrogen and oxygen atoms in total. The van der Waals surface area contributed by atoms with Crippen molar-refractivity contribution in [1.82, 2.24) is 4.90 Å². The third-order valence-electron chi connectivity index (χ3n) is 9.45. The van der Waals surface area contributed by atoms with Crippen LogP contribution in [0.15, 0.2) is 22.0 Å². The lowest BCUT2D eigenvalue weighted by atomic mass is 9.46. The first kappa shape index (κ1) is 21.9. The van der Waals surface area contributed by atoms with Gasteiger partial charge in [-0.1, -0.05) is 29.7 Å². The van der Waals surface area contributed by atoms with E-state index in [1.54, 1.807) is 5.57 Å². The predicted molar refractivity (Wildman–Crippen MR) is 122 cm³/mol. The Bertz CT molecular complexity index is 743. The lowest BCUT2D eigenvalue weighted by Crippen LogP contribution is -2.51. The van der Waals surface area contributed by atoms with Crippen LogP contribution in [0.2, 0.25) is 0 Å². The maximum absolute atomic E-state index is 9.41. The Morgan fingerprint density at radius 2 is 1.93 bits per heavy atom. The molecular weight excluding hydrogens is 374 g/mol. The zero-order chi connectivity index (χ0) is 21.5. The van der Waals surface area contributed by atoms with Crippen LogP contribution in [0.5, 0.6) is 0 Å². The molecule has 6 atom stereocenters. The van der Waals surface area contributed by atoms with E-state index in [-0.39, 0.29) is 0 Å². The van der Waals surface area contributed by atoms with Crippen LogP contribution < -0.4 is 0 Å². The summed E-state index contributed by atoms with van der Waals surface area (Å²) in [5.74, 6) is 2.84. The van der Waals surface area contributed by atoms with Gasteiger partial charge in [-0.25, -0.2) is 0 Å². The average molecular weight is 416 g/mol. The highest BCUT2D eigenvalue weighted by Gasteiger charge is 2.59. The highest BCUT2D eigenvalue weighted by Crippen LogP contribution is 2.66. The highest BCUT2D eigenvalue weighted by molar-refractivity contribution is 5.96. The number of fused-ring (bicyclic) bond motifs is 5. The molecular formula is C25H41N3O2. The zero-order valence-corrected chi connectivity index (χ0v) is 19.7. The first-order chi connectivity index (χ1) is 14.3. The highest BCUT2D eigenvalue weighted by atomic mass is 16.6. The van der Waals surface area contributed by atoms with Crippen LogP contribution >= 0.6 is 0 Å². The Morgan fingerprint density at radius 1 is 1.13 bits per heavy atom. The second-order valence-electron chi connectivity index (χ2n) is 11.1. The van der Waals surface area contributed by atoms with Gasteiger partial charge in [0, 0.05) is 12.5 Å². The second kappa shape index (κ2) is 8.29. The molecule has 168 valence electrons. The summed E-state index contributed by atoms with van der Waals surface area (Å²) in [5, 5.41) is 17.5. The third-order valence-corrected chi connectivity index (χ3v) is 9.45. The summed E-state index contributed by atoms with van der Waals surface area (Å²) in [4.78, 5) is 7.71. The van der Waals surface area contributed by atoms with Crippen molar-refractivity contribution in [3.8, 4) is 0 Å². The van der Waals surface area contributed by atoms with E-state index in [4.69, 9.17) is 4.84 Å². The number of nitrogens with zero attached hydrogens (tertiary/aromatic N) is 3. The van der Waals surface area contributed by atoms with Gasteiger partial charge in [0.1, 0.15) is 6.61 Å². The fourth-order valence-electron chi connectivity index (χ4n) is 7.75. The molecule has 0 radical (unpaired) electrons. The van der Waals surface area contributed by atoms with Crippen LogP contribution in [0.1, 0.15) is 72.1 Å². The normalized spacial score (nSPS) is 42.5. The average Bonchev–Trinajstić information content (AvgIpc) is 3.07. The maximum Gasteiger partial charge on any atom is 0.129 e. The molecule has 0 spiro atoms. The van der Waals surface area contributed by atoms with Crippen molar-refractivity contribution in [2.75, 3.05) is 27.2 Å². The molecule has 3 fully saturated rings. The lowest BCUT2D eigenvalue weighted by molar-refractivity contribution is -0.0411. The molecule has 30 heavy (non-hydrogen) atoms. The van der Waals surface area contributed by atoms with Crippen LogP contribution in [0.25, 0.3) is 0 Å². The Labute approximate surface area is 182 Å². The summed E-state index contributed by atoms with van der Waals surface area (Å²) < 4.78 is 0. The molecule has 4 rings (SSSR count). The molecule has 1 N–H and O–H groups in total. The molecule has 4 aliphatic carbocycles. The summed E-state index contributed by atoms with van der Waals surface area (Å²) in [5.41, 5.74) is 4.35. The Hall–Kier alpha value is -1.36. The van der Waals surface area contributed by atoms with E-state index in [1.807, 2.05) is 6.92 Å². The summed E-state index contributed by atoms with van der Waals surface area (Å²) >= 11 is 0. The molecule has 0 aromatic rings. The Balaban J connectivity index is 1.50. The van der Waals surface area contributed by atoms with Gasteiger partial charge in [0.2, 0.25) is 0 Å². The van der Waals surface area contributed by atoms with E-state index >= 15 is 0 Å². The van der Waals surface area contributed by atoms with Gasteiger partial charge in [-0.2, -0.15) is 0 Å². The van der Waals surface area contributed by atoms with Crippen molar-refractivity contribution in [2.45, 2.75) is 72.1 Å². The van der Waals surface area contributed by atoms with E-state index in [0.717, 1.165) is 42.1 Å². The molecule has 0 amide bonds. The standard InChI is InChI=1S/C25H41N3O2/c1-17(26-29)21-8-9-22-20-7-6-18-16-19(27-30-15-14-28(4)5)10-12-24(18,2)23(20)11-13-25(21,22)3/h16,20-23,29H,6-15H2,1-5H3/b26-17+,27-19+/t20-,21+,22-,23-,24-,25+/m0/s1. The molecule has 0 saturated heterocycles. The topological polar surface area (TPSA) is 57.4 Å². The first-order valence-electron chi connectivity index (χ1n) is 12.0. The van der Waals surface area contributed by atoms with Gasteiger partial charge in [0.15, 0.2) is 0 Å². The van der Waals surface area contributed by atoms with Gasteiger partial charge in [-0.15, -0.1) is 0 Å². The number of rotatable bonds is 5. The van der Waals surface area contributed by atoms with Crippen LogP contribution in [0.4, 0.5) is 0 Å². The van der Waals surface area contributed by atoms with E-state index in [9.17, 15) is 5.21 Å². The smallest absolute Gasteiger partial charge is 0.129 e. The molecule has 0 aromatic heterocycles. The van der Waals surface area contributed by atoms with Gasteiger partial charge in [-0.05, 0) is 107 Å².